The van der Waals surface area contributed by atoms with Gasteiger partial charge in [0.25, 0.3) is 5.91 Å². The number of nitrogens with zero attached hydrogens (tertiary/aromatic N) is 2. The maximum absolute atomic E-state index is 14.3. The third-order valence-electron chi connectivity index (χ3n) is 4.00. The Kier molecular flexibility index (Phi) is 5.53. The van der Waals surface area contributed by atoms with E-state index in [2.05, 4.69) is 20.6 Å². The fourth-order valence-corrected chi connectivity index (χ4v) is 2.07. The fourth-order valence-electron chi connectivity index (χ4n) is 2.07. The summed E-state index contributed by atoms with van der Waals surface area (Å²) in [5.74, 6) is -1.31. The Morgan fingerprint density at radius 1 is 1.24 bits per heavy atom. The number of hydrogen-bond donors (Lipinski definition) is 4. The highest BCUT2D eigenvalue weighted by atomic mass is 19.1. The van der Waals surface area contributed by atoms with Gasteiger partial charge in [0.1, 0.15) is 5.82 Å². The van der Waals surface area contributed by atoms with E-state index in [0.717, 1.165) is 17.3 Å². The van der Waals surface area contributed by atoms with Crippen molar-refractivity contribution in [3.63, 3.8) is 0 Å². The molecule has 7 nitrogen and oxygen atoms in total. The minimum absolute atomic E-state index is 0.00547. The Hall–Kier alpha value is -2.74. The van der Waals surface area contributed by atoms with Crippen LogP contribution < -0.4 is 22.1 Å². The number of carbonyl (C=O) groups is 1. The number of hydrogen-bond acceptors (Lipinski definition) is 6. The normalized spacial score (nSPS) is 13.2. The van der Waals surface area contributed by atoms with E-state index in [1.165, 1.54) is 0 Å². The molecule has 0 saturated heterocycles. The summed E-state index contributed by atoms with van der Waals surface area (Å²) in [4.78, 5) is 20.1. The van der Waals surface area contributed by atoms with E-state index in [9.17, 15) is 9.18 Å². The third kappa shape index (κ3) is 4.42. The minimum Gasteiger partial charge on any atom is -0.365 e. The average Bonchev–Trinajstić information content (AvgIpc) is 2.53. The Bertz CT molecular complexity index is 793. The zero-order valence-electron chi connectivity index (χ0n) is 14.7. The van der Waals surface area contributed by atoms with Crippen molar-refractivity contribution in [2.45, 2.75) is 39.8 Å². The van der Waals surface area contributed by atoms with Gasteiger partial charge in [0.15, 0.2) is 11.6 Å². The van der Waals surface area contributed by atoms with E-state index in [1.54, 1.807) is 13.1 Å². The molecule has 134 valence electrons. The van der Waals surface area contributed by atoms with Crippen LogP contribution >= 0.6 is 0 Å². The van der Waals surface area contributed by atoms with Crippen LogP contribution in [-0.4, -0.2) is 28.0 Å². The molecule has 1 amide bonds. The van der Waals surface area contributed by atoms with Gasteiger partial charge in [-0.25, -0.2) is 9.37 Å². The van der Waals surface area contributed by atoms with Gasteiger partial charge >= 0.3 is 0 Å². The molecule has 0 aliphatic carbocycles. The van der Waals surface area contributed by atoms with Crippen LogP contribution in [0.25, 0.3) is 0 Å². The summed E-state index contributed by atoms with van der Waals surface area (Å²) >= 11 is 0. The largest absolute Gasteiger partial charge is 0.365 e. The molecule has 6 N–H and O–H groups in total. The van der Waals surface area contributed by atoms with E-state index in [4.69, 9.17) is 11.5 Å². The fraction of sp³-hybridized carbons (Fsp3) is 0.353. The molecule has 2 aromatic heterocycles. The number of nitrogens with two attached hydrogens (primary N) is 2. The Balaban J connectivity index is 2.42. The lowest BCUT2D eigenvalue weighted by atomic mass is 10.1. The predicted molar refractivity (Wildman–Crippen MR) is 96.4 cm³/mol. The first-order valence-corrected chi connectivity index (χ1v) is 7.91. The van der Waals surface area contributed by atoms with Gasteiger partial charge in [-0.15, -0.1) is 0 Å². The molecule has 0 aliphatic heterocycles. The van der Waals surface area contributed by atoms with Gasteiger partial charge in [0, 0.05) is 17.8 Å². The van der Waals surface area contributed by atoms with Crippen LogP contribution in [0, 0.1) is 19.7 Å². The number of carbonyl (C=O) groups excluding carboxylic acids is 1. The second kappa shape index (κ2) is 7.43. The van der Waals surface area contributed by atoms with E-state index >= 15 is 0 Å². The molecule has 0 saturated carbocycles. The molecule has 0 aromatic carbocycles. The number of primary amides is 1. The molecule has 0 aliphatic rings. The molecule has 2 heterocycles. The first-order chi connectivity index (χ1) is 11.7. The van der Waals surface area contributed by atoms with Gasteiger partial charge in [-0.05, 0) is 45.4 Å². The molecule has 2 aromatic rings. The summed E-state index contributed by atoms with van der Waals surface area (Å²) in [6.45, 7) is 7.42. The molecular formula is C17H23FN6O. The van der Waals surface area contributed by atoms with Crippen molar-refractivity contribution in [3.8, 4) is 0 Å². The molecule has 0 fully saturated rings. The molecule has 0 bridgehead atoms. The van der Waals surface area contributed by atoms with E-state index < -0.39 is 11.7 Å². The van der Waals surface area contributed by atoms with Crippen LogP contribution in [-0.2, 0) is 0 Å². The molecule has 0 spiro atoms. The zero-order valence-corrected chi connectivity index (χ0v) is 14.7. The number of pyridine rings is 2. The van der Waals surface area contributed by atoms with Crippen molar-refractivity contribution in [2.75, 3.05) is 10.6 Å². The molecule has 0 radical (unpaired) electrons. The van der Waals surface area contributed by atoms with Crippen molar-refractivity contribution in [3.05, 3.63) is 41.0 Å². The van der Waals surface area contributed by atoms with Crippen LogP contribution in [0.15, 0.2) is 18.3 Å². The maximum Gasteiger partial charge on any atom is 0.252 e. The molecule has 8 heteroatoms. The van der Waals surface area contributed by atoms with Crippen molar-refractivity contribution in [1.29, 1.82) is 0 Å². The second-order valence-corrected chi connectivity index (χ2v) is 6.12. The first-order valence-electron chi connectivity index (χ1n) is 7.91. The summed E-state index contributed by atoms with van der Waals surface area (Å²) in [7, 11) is 0. The maximum atomic E-state index is 14.3. The van der Waals surface area contributed by atoms with Crippen molar-refractivity contribution in [1.82, 2.24) is 9.97 Å². The molecule has 25 heavy (non-hydrogen) atoms. The van der Waals surface area contributed by atoms with Gasteiger partial charge in [-0.3, -0.25) is 9.78 Å². The monoisotopic (exact) mass is 346 g/mol. The van der Waals surface area contributed by atoms with E-state index in [1.807, 2.05) is 26.8 Å². The Morgan fingerprint density at radius 3 is 2.48 bits per heavy atom. The van der Waals surface area contributed by atoms with Crippen molar-refractivity contribution in [2.24, 2.45) is 11.5 Å². The highest BCUT2D eigenvalue weighted by molar-refractivity contribution is 5.98. The molecule has 2 rings (SSSR count). The Morgan fingerprint density at radius 2 is 1.92 bits per heavy atom. The topological polar surface area (TPSA) is 119 Å². The Labute approximate surface area is 146 Å². The minimum atomic E-state index is -0.780. The zero-order chi connectivity index (χ0) is 18.7. The quantitative estimate of drug-likeness (QED) is 0.637. The lowest BCUT2D eigenvalue weighted by molar-refractivity contribution is 0.100. The second-order valence-electron chi connectivity index (χ2n) is 6.12. The highest BCUT2D eigenvalue weighted by Gasteiger charge is 2.18. The number of halogens is 1. The number of anilines is 3. The molecule has 0 unspecified atom stereocenters. The van der Waals surface area contributed by atoms with Crippen LogP contribution in [0.4, 0.5) is 21.7 Å². The number of aromatic nitrogens is 2. The summed E-state index contributed by atoms with van der Waals surface area (Å²) < 4.78 is 14.3. The van der Waals surface area contributed by atoms with Crippen LogP contribution in [0.2, 0.25) is 0 Å². The average molecular weight is 346 g/mol. The van der Waals surface area contributed by atoms with Crippen LogP contribution in [0.5, 0.6) is 0 Å². The lowest BCUT2D eigenvalue weighted by Crippen LogP contribution is -2.35. The number of nitrogens with one attached hydrogen (secondary N) is 2. The van der Waals surface area contributed by atoms with Gasteiger partial charge < -0.3 is 22.1 Å². The van der Waals surface area contributed by atoms with Gasteiger partial charge in [0.2, 0.25) is 0 Å². The first kappa shape index (κ1) is 18.6. The summed E-state index contributed by atoms with van der Waals surface area (Å²) in [6, 6.07) is 2.49. The van der Waals surface area contributed by atoms with Crippen molar-refractivity contribution >= 4 is 23.2 Å². The standard InChI is InChI=1S/C17H23FN6O/c1-8-5-12(7-21-10(8)3)23-16-13(15(20)25)6-14(18)17(24-16)22-11(4)9(2)19/h5-7,9,11H,19H2,1-4H3,(H2,20,25)(H2,22,23,24)/t9-,11+/m1/s1. The summed E-state index contributed by atoms with van der Waals surface area (Å²) in [5, 5.41) is 5.88. The van der Waals surface area contributed by atoms with Gasteiger partial charge in [-0.2, -0.15) is 0 Å². The van der Waals surface area contributed by atoms with Gasteiger partial charge in [-0.1, -0.05) is 0 Å². The van der Waals surface area contributed by atoms with Crippen molar-refractivity contribution < 1.29 is 9.18 Å². The van der Waals surface area contributed by atoms with E-state index in [0.29, 0.717) is 5.69 Å². The number of amides is 1. The van der Waals surface area contributed by atoms with Crippen LogP contribution in [0.1, 0.15) is 35.5 Å². The highest BCUT2D eigenvalue weighted by Crippen LogP contribution is 2.24. The molecule has 2 atom stereocenters. The predicted octanol–water partition coefficient (Wildman–Crippen LogP) is 2.22. The molecular weight excluding hydrogens is 323 g/mol. The third-order valence-corrected chi connectivity index (χ3v) is 4.00. The van der Waals surface area contributed by atoms with E-state index in [-0.39, 0.29) is 29.3 Å². The number of rotatable bonds is 6. The smallest absolute Gasteiger partial charge is 0.252 e. The number of aryl methyl sites for hydroxylation is 2. The van der Waals surface area contributed by atoms with Gasteiger partial charge in [0.05, 0.1) is 17.4 Å². The SMILES string of the molecule is Cc1cc(Nc2nc(N[C@@H](C)[C@@H](C)N)c(F)cc2C(N)=O)cnc1C. The van der Waals surface area contributed by atoms with Crippen LogP contribution in [0.3, 0.4) is 0 Å². The summed E-state index contributed by atoms with van der Waals surface area (Å²) in [5.41, 5.74) is 13.6. The lowest BCUT2D eigenvalue weighted by Gasteiger charge is -2.20. The summed E-state index contributed by atoms with van der Waals surface area (Å²) in [6.07, 6.45) is 1.61.